The molecule has 2 rings (SSSR count). The fourth-order valence-electron chi connectivity index (χ4n) is 2.30. The Balaban J connectivity index is 2.27. The molecule has 3 heteroatoms. The fourth-order valence-corrected chi connectivity index (χ4v) is 2.49. The first kappa shape index (κ1) is 11.6. The standard InChI is InChI=1S/C13H14ClFO/c1-13(2)7-9(6-12(13)16)8-3-4-11(15)10(14)5-8/h3-5,9H,6-7H2,1-2H3/t9-/m1/s1. The van der Waals surface area contributed by atoms with Crippen LogP contribution in [0.2, 0.25) is 5.02 Å². The molecule has 1 aliphatic rings. The summed E-state index contributed by atoms with van der Waals surface area (Å²) in [4.78, 5) is 11.7. The van der Waals surface area contributed by atoms with E-state index in [0.717, 1.165) is 12.0 Å². The van der Waals surface area contributed by atoms with Gasteiger partial charge in [-0.15, -0.1) is 0 Å². The molecular formula is C13H14ClFO. The summed E-state index contributed by atoms with van der Waals surface area (Å²) in [5.41, 5.74) is 0.705. The Bertz CT molecular complexity index is 440. The van der Waals surface area contributed by atoms with Gasteiger partial charge in [0.1, 0.15) is 11.6 Å². The van der Waals surface area contributed by atoms with Gasteiger partial charge in [-0.1, -0.05) is 31.5 Å². The van der Waals surface area contributed by atoms with Gasteiger partial charge in [0.25, 0.3) is 0 Å². The highest BCUT2D eigenvalue weighted by Gasteiger charge is 2.39. The Morgan fingerprint density at radius 2 is 2.12 bits per heavy atom. The van der Waals surface area contributed by atoms with Crippen LogP contribution in [0.5, 0.6) is 0 Å². The third kappa shape index (κ3) is 1.99. The van der Waals surface area contributed by atoms with Crippen molar-refractivity contribution in [3.63, 3.8) is 0 Å². The van der Waals surface area contributed by atoms with Crippen LogP contribution in [0.25, 0.3) is 0 Å². The van der Waals surface area contributed by atoms with E-state index in [0.29, 0.717) is 6.42 Å². The largest absolute Gasteiger partial charge is 0.299 e. The number of ketones is 1. The summed E-state index contributed by atoms with van der Waals surface area (Å²) < 4.78 is 13.0. The van der Waals surface area contributed by atoms with E-state index < -0.39 is 5.82 Å². The summed E-state index contributed by atoms with van der Waals surface area (Å²) >= 11 is 5.74. The third-order valence-electron chi connectivity index (χ3n) is 3.36. The number of benzene rings is 1. The molecular weight excluding hydrogens is 227 g/mol. The second-order valence-corrected chi connectivity index (χ2v) is 5.49. The van der Waals surface area contributed by atoms with Gasteiger partial charge in [-0.25, -0.2) is 4.39 Å². The Morgan fingerprint density at radius 1 is 1.44 bits per heavy atom. The predicted octanol–water partition coefficient (Wildman–Crippen LogP) is 3.95. The Labute approximate surface area is 99.6 Å². The van der Waals surface area contributed by atoms with Gasteiger partial charge in [0.15, 0.2) is 0 Å². The molecule has 1 atom stereocenters. The maximum Gasteiger partial charge on any atom is 0.141 e. The Hall–Kier alpha value is -0.890. The summed E-state index contributed by atoms with van der Waals surface area (Å²) in [5, 5.41) is 0.134. The highest BCUT2D eigenvalue weighted by molar-refractivity contribution is 6.30. The van der Waals surface area contributed by atoms with E-state index >= 15 is 0 Å². The van der Waals surface area contributed by atoms with Gasteiger partial charge in [-0.2, -0.15) is 0 Å². The van der Waals surface area contributed by atoms with E-state index in [9.17, 15) is 9.18 Å². The number of carbonyl (C=O) groups excluding carboxylic acids is 1. The van der Waals surface area contributed by atoms with Gasteiger partial charge in [0.2, 0.25) is 0 Å². The first-order chi connectivity index (χ1) is 7.40. The number of hydrogen-bond acceptors (Lipinski definition) is 1. The summed E-state index contributed by atoms with van der Waals surface area (Å²) in [7, 11) is 0. The minimum atomic E-state index is -0.408. The van der Waals surface area contributed by atoms with E-state index in [1.54, 1.807) is 12.1 Å². The zero-order valence-electron chi connectivity index (χ0n) is 9.39. The quantitative estimate of drug-likeness (QED) is 0.726. The molecule has 1 aliphatic carbocycles. The molecule has 1 saturated carbocycles. The highest BCUT2D eigenvalue weighted by atomic mass is 35.5. The van der Waals surface area contributed by atoms with Gasteiger partial charge < -0.3 is 0 Å². The normalized spacial score (nSPS) is 23.8. The molecule has 0 spiro atoms. The van der Waals surface area contributed by atoms with E-state index in [4.69, 9.17) is 11.6 Å². The number of halogens is 2. The van der Waals surface area contributed by atoms with E-state index in [1.807, 2.05) is 13.8 Å². The number of rotatable bonds is 1. The van der Waals surface area contributed by atoms with Crippen molar-refractivity contribution in [2.24, 2.45) is 5.41 Å². The van der Waals surface area contributed by atoms with Crippen LogP contribution in [-0.2, 0) is 4.79 Å². The van der Waals surface area contributed by atoms with Crippen molar-refractivity contribution in [3.8, 4) is 0 Å². The molecule has 1 fully saturated rings. The number of carbonyl (C=O) groups is 1. The summed E-state index contributed by atoms with van der Waals surface area (Å²) in [6, 6.07) is 4.73. The van der Waals surface area contributed by atoms with Crippen molar-refractivity contribution < 1.29 is 9.18 Å². The van der Waals surface area contributed by atoms with Crippen LogP contribution in [0, 0.1) is 11.2 Å². The third-order valence-corrected chi connectivity index (χ3v) is 3.65. The zero-order valence-corrected chi connectivity index (χ0v) is 10.1. The molecule has 0 N–H and O–H groups in total. The summed E-state index contributed by atoms with van der Waals surface area (Å²) in [6.45, 7) is 3.92. The molecule has 1 aromatic carbocycles. The second kappa shape index (κ2) is 3.85. The van der Waals surface area contributed by atoms with Crippen molar-refractivity contribution in [1.29, 1.82) is 0 Å². The molecule has 0 unspecified atom stereocenters. The van der Waals surface area contributed by atoms with Gasteiger partial charge in [-0.05, 0) is 30.0 Å². The van der Waals surface area contributed by atoms with Gasteiger partial charge in [-0.3, -0.25) is 4.79 Å². The molecule has 86 valence electrons. The first-order valence-electron chi connectivity index (χ1n) is 5.38. The summed E-state index contributed by atoms with van der Waals surface area (Å²) in [6.07, 6.45) is 1.35. The first-order valence-corrected chi connectivity index (χ1v) is 5.76. The van der Waals surface area contributed by atoms with Crippen LogP contribution in [0.3, 0.4) is 0 Å². The van der Waals surface area contributed by atoms with Crippen LogP contribution in [0.15, 0.2) is 18.2 Å². The molecule has 16 heavy (non-hydrogen) atoms. The molecule has 0 aromatic heterocycles. The average Bonchev–Trinajstić information content (AvgIpc) is 2.46. The van der Waals surface area contributed by atoms with E-state index in [-0.39, 0.29) is 22.1 Å². The molecule has 0 radical (unpaired) electrons. The van der Waals surface area contributed by atoms with Crippen LogP contribution >= 0.6 is 11.6 Å². The lowest BCUT2D eigenvalue weighted by atomic mass is 9.88. The van der Waals surface area contributed by atoms with Crippen molar-refractivity contribution in [2.45, 2.75) is 32.6 Å². The lowest BCUT2D eigenvalue weighted by Gasteiger charge is -2.15. The summed E-state index contributed by atoms with van der Waals surface area (Å²) in [5.74, 6) is 0.0487. The van der Waals surface area contributed by atoms with Crippen molar-refractivity contribution in [2.75, 3.05) is 0 Å². The zero-order chi connectivity index (χ0) is 11.9. The number of hydrogen-bond donors (Lipinski definition) is 0. The SMILES string of the molecule is CC1(C)C[C@H](c2ccc(F)c(Cl)c2)CC1=O. The molecule has 0 aliphatic heterocycles. The maximum atomic E-state index is 13.0. The molecule has 1 aromatic rings. The van der Waals surface area contributed by atoms with E-state index in [1.165, 1.54) is 6.07 Å². The Kier molecular flexibility index (Phi) is 2.79. The maximum absolute atomic E-state index is 13.0. The van der Waals surface area contributed by atoms with E-state index in [2.05, 4.69) is 0 Å². The molecule has 0 amide bonds. The molecule has 1 nitrogen and oxygen atoms in total. The van der Waals surface area contributed by atoms with Gasteiger partial charge in [0, 0.05) is 11.8 Å². The smallest absolute Gasteiger partial charge is 0.141 e. The van der Waals surface area contributed by atoms with Crippen LogP contribution in [0.4, 0.5) is 4.39 Å². The van der Waals surface area contributed by atoms with Crippen molar-refractivity contribution in [1.82, 2.24) is 0 Å². The van der Waals surface area contributed by atoms with Crippen molar-refractivity contribution in [3.05, 3.63) is 34.6 Å². The lowest BCUT2D eigenvalue weighted by Crippen LogP contribution is -2.15. The van der Waals surface area contributed by atoms with Gasteiger partial charge >= 0.3 is 0 Å². The minimum Gasteiger partial charge on any atom is -0.299 e. The predicted molar refractivity (Wildman–Crippen MR) is 62.2 cm³/mol. The Morgan fingerprint density at radius 3 is 2.62 bits per heavy atom. The average molecular weight is 241 g/mol. The fraction of sp³-hybridized carbons (Fsp3) is 0.462. The minimum absolute atomic E-state index is 0.134. The molecule has 0 saturated heterocycles. The lowest BCUT2D eigenvalue weighted by molar-refractivity contribution is -0.124. The van der Waals surface area contributed by atoms with Crippen LogP contribution < -0.4 is 0 Å². The number of Topliss-reactive ketones (excluding diaryl/α,β-unsaturated/α-hetero) is 1. The van der Waals surface area contributed by atoms with Gasteiger partial charge in [0.05, 0.1) is 5.02 Å². The van der Waals surface area contributed by atoms with Crippen LogP contribution in [-0.4, -0.2) is 5.78 Å². The molecule has 0 heterocycles. The second-order valence-electron chi connectivity index (χ2n) is 5.09. The van der Waals surface area contributed by atoms with Crippen LogP contribution in [0.1, 0.15) is 38.2 Å². The topological polar surface area (TPSA) is 17.1 Å². The van der Waals surface area contributed by atoms with Crippen molar-refractivity contribution >= 4 is 17.4 Å². The highest BCUT2D eigenvalue weighted by Crippen LogP contribution is 2.43. The molecule has 0 bridgehead atoms. The monoisotopic (exact) mass is 240 g/mol.